The molecule has 0 amide bonds. The minimum absolute atomic E-state index is 0.741. The SMILES string of the molecule is CC1CCC=COC1. The summed E-state index contributed by atoms with van der Waals surface area (Å²) in [7, 11) is 0. The highest BCUT2D eigenvalue weighted by molar-refractivity contribution is 4.77. The highest BCUT2D eigenvalue weighted by Gasteiger charge is 2.01. The summed E-state index contributed by atoms with van der Waals surface area (Å²) in [6.07, 6.45) is 6.35. The monoisotopic (exact) mass is 112 g/mol. The Bertz CT molecular complexity index is 76.4. The van der Waals surface area contributed by atoms with Crippen molar-refractivity contribution < 1.29 is 4.74 Å². The second-order valence-corrected chi connectivity index (χ2v) is 2.39. The van der Waals surface area contributed by atoms with Crippen LogP contribution in [0.25, 0.3) is 0 Å². The van der Waals surface area contributed by atoms with Crippen LogP contribution in [0.15, 0.2) is 12.3 Å². The summed E-state index contributed by atoms with van der Waals surface area (Å²) in [5.41, 5.74) is 0. The van der Waals surface area contributed by atoms with Gasteiger partial charge in [0.05, 0.1) is 12.9 Å². The third-order valence-corrected chi connectivity index (χ3v) is 1.40. The molecule has 0 N–H and O–H groups in total. The molecule has 8 heavy (non-hydrogen) atoms. The van der Waals surface area contributed by atoms with E-state index in [-0.39, 0.29) is 0 Å². The van der Waals surface area contributed by atoms with Crippen LogP contribution in [0.4, 0.5) is 0 Å². The van der Waals surface area contributed by atoms with Crippen molar-refractivity contribution in [1.82, 2.24) is 0 Å². The Kier molecular flexibility index (Phi) is 1.95. The second-order valence-electron chi connectivity index (χ2n) is 2.39. The minimum Gasteiger partial charge on any atom is -0.501 e. The first-order valence-electron chi connectivity index (χ1n) is 3.16. The molecule has 0 fully saturated rings. The Labute approximate surface area is 50.3 Å². The zero-order valence-corrected chi connectivity index (χ0v) is 5.26. The van der Waals surface area contributed by atoms with Crippen LogP contribution in [0.5, 0.6) is 0 Å². The summed E-state index contributed by atoms with van der Waals surface area (Å²) in [6.45, 7) is 3.11. The van der Waals surface area contributed by atoms with E-state index < -0.39 is 0 Å². The number of rotatable bonds is 0. The minimum atomic E-state index is 0.741. The van der Waals surface area contributed by atoms with E-state index in [2.05, 4.69) is 13.0 Å². The zero-order chi connectivity index (χ0) is 5.82. The standard InChI is InChI=1S/C7H12O/c1-7-4-2-3-5-8-6-7/h3,5,7H,2,4,6H2,1H3. The van der Waals surface area contributed by atoms with Crippen molar-refractivity contribution in [1.29, 1.82) is 0 Å². The maximum absolute atomic E-state index is 5.13. The Morgan fingerprint density at radius 1 is 1.62 bits per heavy atom. The second kappa shape index (κ2) is 2.75. The van der Waals surface area contributed by atoms with Crippen molar-refractivity contribution in [3.63, 3.8) is 0 Å². The van der Waals surface area contributed by atoms with Crippen LogP contribution in [0, 0.1) is 5.92 Å². The summed E-state index contributed by atoms with van der Waals surface area (Å²) in [5.74, 6) is 0.741. The largest absolute Gasteiger partial charge is 0.501 e. The molecule has 0 aromatic carbocycles. The van der Waals surface area contributed by atoms with E-state index in [1.165, 1.54) is 12.8 Å². The van der Waals surface area contributed by atoms with Gasteiger partial charge in [-0.2, -0.15) is 0 Å². The average molecular weight is 112 g/mol. The molecule has 1 atom stereocenters. The van der Waals surface area contributed by atoms with E-state index in [9.17, 15) is 0 Å². The molecule has 0 aliphatic carbocycles. The molecule has 1 heterocycles. The molecule has 0 saturated carbocycles. The van der Waals surface area contributed by atoms with Gasteiger partial charge in [-0.3, -0.25) is 0 Å². The smallest absolute Gasteiger partial charge is 0.0898 e. The fraction of sp³-hybridized carbons (Fsp3) is 0.714. The van der Waals surface area contributed by atoms with E-state index >= 15 is 0 Å². The molecule has 0 bridgehead atoms. The first-order valence-corrected chi connectivity index (χ1v) is 3.16. The van der Waals surface area contributed by atoms with Gasteiger partial charge in [0.2, 0.25) is 0 Å². The molecule has 1 nitrogen and oxygen atoms in total. The lowest BCUT2D eigenvalue weighted by molar-refractivity contribution is 0.207. The van der Waals surface area contributed by atoms with Gasteiger partial charge in [-0.05, 0) is 24.8 Å². The van der Waals surface area contributed by atoms with Crippen LogP contribution in [-0.2, 0) is 4.74 Å². The molecule has 46 valence electrons. The maximum Gasteiger partial charge on any atom is 0.0898 e. The number of ether oxygens (including phenoxy) is 1. The van der Waals surface area contributed by atoms with Crippen LogP contribution >= 0.6 is 0 Å². The molecule has 0 saturated heterocycles. The quantitative estimate of drug-likeness (QED) is 0.465. The molecule has 1 unspecified atom stereocenters. The Morgan fingerprint density at radius 2 is 2.50 bits per heavy atom. The van der Waals surface area contributed by atoms with E-state index in [0.29, 0.717) is 0 Å². The molecule has 1 aliphatic rings. The average Bonchev–Trinajstić information content (AvgIpc) is 1.94. The van der Waals surface area contributed by atoms with E-state index in [4.69, 9.17) is 4.74 Å². The summed E-state index contributed by atoms with van der Waals surface area (Å²) < 4.78 is 5.13. The Hall–Kier alpha value is -0.460. The molecule has 0 aromatic rings. The topological polar surface area (TPSA) is 9.23 Å². The molecular weight excluding hydrogens is 100 g/mol. The van der Waals surface area contributed by atoms with Crippen molar-refractivity contribution in [2.75, 3.05) is 6.61 Å². The third kappa shape index (κ3) is 1.57. The molecule has 0 radical (unpaired) electrons. The van der Waals surface area contributed by atoms with Crippen molar-refractivity contribution in [2.45, 2.75) is 19.8 Å². The molecule has 0 spiro atoms. The zero-order valence-electron chi connectivity index (χ0n) is 5.26. The summed E-state index contributed by atoms with van der Waals surface area (Å²) >= 11 is 0. The number of hydrogen-bond acceptors (Lipinski definition) is 1. The predicted octanol–water partition coefficient (Wildman–Crippen LogP) is 1.95. The van der Waals surface area contributed by atoms with Crippen molar-refractivity contribution in [3.05, 3.63) is 12.3 Å². The maximum atomic E-state index is 5.13. The molecular formula is C7H12O. The fourth-order valence-corrected chi connectivity index (χ4v) is 0.820. The van der Waals surface area contributed by atoms with Gasteiger partial charge in [-0.1, -0.05) is 6.92 Å². The predicted molar refractivity (Wildman–Crippen MR) is 33.5 cm³/mol. The first kappa shape index (κ1) is 5.67. The van der Waals surface area contributed by atoms with E-state index in [0.717, 1.165) is 12.5 Å². The normalized spacial score (nSPS) is 28.9. The van der Waals surface area contributed by atoms with Gasteiger partial charge in [-0.15, -0.1) is 0 Å². The lowest BCUT2D eigenvalue weighted by Crippen LogP contribution is -1.99. The molecule has 1 rings (SSSR count). The van der Waals surface area contributed by atoms with Gasteiger partial charge in [-0.25, -0.2) is 0 Å². The van der Waals surface area contributed by atoms with Crippen molar-refractivity contribution in [2.24, 2.45) is 5.92 Å². The first-order chi connectivity index (χ1) is 3.89. The highest BCUT2D eigenvalue weighted by Crippen LogP contribution is 2.09. The lowest BCUT2D eigenvalue weighted by atomic mass is 10.1. The highest BCUT2D eigenvalue weighted by atomic mass is 16.5. The van der Waals surface area contributed by atoms with Crippen molar-refractivity contribution >= 4 is 0 Å². The van der Waals surface area contributed by atoms with Gasteiger partial charge in [0, 0.05) is 0 Å². The van der Waals surface area contributed by atoms with E-state index in [1.54, 1.807) is 0 Å². The van der Waals surface area contributed by atoms with Crippen LogP contribution in [0.2, 0.25) is 0 Å². The van der Waals surface area contributed by atoms with Crippen LogP contribution in [0.3, 0.4) is 0 Å². The summed E-state index contributed by atoms with van der Waals surface area (Å²) in [6, 6.07) is 0. The van der Waals surface area contributed by atoms with Gasteiger partial charge in [0.25, 0.3) is 0 Å². The third-order valence-electron chi connectivity index (χ3n) is 1.40. The lowest BCUT2D eigenvalue weighted by Gasteiger charge is -2.03. The van der Waals surface area contributed by atoms with Gasteiger partial charge < -0.3 is 4.74 Å². The van der Waals surface area contributed by atoms with E-state index in [1.807, 2.05) is 6.26 Å². The van der Waals surface area contributed by atoms with Crippen LogP contribution in [-0.4, -0.2) is 6.61 Å². The molecule has 1 heteroatoms. The van der Waals surface area contributed by atoms with Gasteiger partial charge in [0.15, 0.2) is 0 Å². The van der Waals surface area contributed by atoms with Crippen LogP contribution in [0.1, 0.15) is 19.8 Å². The number of allylic oxidation sites excluding steroid dienone is 1. The molecule has 0 aromatic heterocycles. The van der Waals surface area contributed by atoms with Gasteiger partial charge >= 0.3 is 0 Å². The van der Waals surface area contributed by atoms with Gasteiger partial charge in [0.1, 0.15) is 0 Å². The number of hydrogen-bond donors (Lipinski definition) is 0. The Balaban J connectivity index is 2.28. The van der Waals surface area contributed by atoms with Crippen LogP contribution < -0.4 is 0 Å². The summed E-state index contributed by atoms with van der Waals surface area (Å²) in [4.78, 5) is 0. The molecule has 1 aliphatic heterocycles. The fourth-order valence-electron chi connectivity index (χ4n) is 0.820. The Morgan fingerprint density at radius 3 is 3.38 bits per heavy atom. The summed E-state index contributed by atoms with van der Waals surface area (Å²) in [5, 5.41) is 0. The van der Waals surface area contributed by atoms with Crippen molar-refractivity contribution in [3.8, 4) is 0 Å².